The molecule has 0 aromatic heterocycles. The van der Waals surface area contributed by atoms with Gasteiger partial charge >= 0.3 is 0 Å². The van der Waals surface area contributed by atoms with Gasteiger partial charge in [0.25, 0.3) is 0 Å². The zero-order chi connectivity index (χ0) is 14.9. The van der Waals surface area contributed by atoms with Crippen LogP contribution in [-0.2, 0) is 4.79 Å². The van der Waals surface area contributed by atoms with E-state index >= 15 is 0 Å². The second-order valence-corrected chi connectivity index (χ2v) is 7.87. The first-order valence-electron chi connectivity index (χ1n) is 8.41. The first-order chi connectivity index (χ1) is 9.34. The van der Waals surface area contributed by atoms with E-state index in [0.29, 0.717) is 23.9 Å². The number of hydrogen-bond acceptors (Lipinski definition) is 2. The molecular formula is C17H32N2O. The summed E-state index contributed by atoms with van der Waals surface area (Å²) in [5, 5.41) is 3.62. The first-order valence-corrected chi connectivity index (χ1v) is 8.41. The summed E-state index contributed by atoms with van der Waals surface area (Å²) in [5.74, 6) is 1.52. The summed E-state index contributed by atoms with van der Waals surface area (Å²) in [6.45, 7) is 12.1. The summed E-state index contributed by atoms with van der Waals surface area (Å²) in [5.41, 5.74) is 0.255. The molecule has 3 atom stereocenters. The highest BCUT2D eigenvalue weighted by Gasteiger charge is 2.43. The van der Waals surface area contributed by atoms with E-state index in [1.54, 1.807) is 0 Å². The number of nitrogens with zero attached hydrogens (tertiary/aromatic N) is 1. The van der Waals surface area contributed by atoms with Gasteiger partial charge in [0, 0.05) is 6.54 Å². The van der Waals surface area contributed by atoms with Crippen molar-refractivity contribution in [1.82, 2.24) is 10.2 Å². The van der Waals surface area contributed by atoms with Gasteiger partial charge in [0.15, 0.2) is 0 Å². The van der Waals surface area contributed by atoms with Crippen LogP contribution in [0.25, 0.3) is 0 Å². The topological polar surface area (TPSA) is 32.3 Å². The Morgan fingerprint density at radius 3 is 2.40 bits per heavy atom. The van der Waals surface area contributed by atoms with E-state index in [1.165, 1.54) is 25.7 Å². The van der Waals surface area contributed by atoms with E-state index in [-0.39, 0.29) is 11.5 Å². The predicted molar refractivity (Wildman–Crippen MR) is 83.3 cm³/mol. The van der Waals surface area contributed by atoms with Crippen LogP contribution in [0.3, 0.4) is 0 Å². The summed E-state index contributed by atoms with van der Waals surface area (Å²) in [7, 11) is 0. The Morgan fingerprint density at radius 2 is 1.90 bits per heavy atom. The standard InChI is InChI=1S/C17H32N2O/c1-6-14-16(20)19(11-12(2)17(3,4)5)15(18-14)13-9-7-8-10-13/h12-15,18H,6-11H2,1-5H3. The van der Waals surface area contributed by atoms with Crippen molar-refractivity contribution < 1.29 is 4.79 Å². The number of carbonyl (C=O) groups excluding carboxylic acids is 1. The summed E-state index contributed by atoms with van der Waals surface area (Å²) in [6.07, 6.45) is 6.42. The lowest BCUT2D eigenvalue weighted by atomic mass is 9.81. The third kappa shape index (κ3) is 3.19. The Kier molecular flexibility index (Phi) is 4.78. The van der Waals surface area contributed by atoms with Crippen LogP contribution in [0.5, 0.6) is 0 Å². The van der Waals surface area contributed by atoms with Crippen LogP contribution < -0.4 is 5.32 Å². The zero-order valence-electron chi connectivity index (χ0n) is 13.9. The van der Waals surface area contributed by atoms with Gasteiger partial charge in [0.1, 0.15) is 0 Å². The second kappa shape index (κ2) is 6.05. The third-order valence-electron chi connectivity index (χ3n) is 5.49. The predicted octanol–water partition coefficient (Wildman–Crippen LogP) is 3.40. The zero-order valence-corrected chi connectivity index (χ0v) is 13.9. The minimum Gasteiger partial charge on any atom is -0.325 e. The van der Waals surface area contributed by atoms with Crippen molar-refractivity contribution in [2.45, 2.75) is 78.9 Å². The van der Waals surface area contributed by atoms with Gasteiger partial charge in [0.05, 0.1) is 12.2 Å². The summed E-state index contributed by atoms with van der Waals surface area (Å²) in [6, 6.07) is 0.0489. The van der Waals surface area contributed by atoms with E-state index in [2.05, 4.69) is 44.8 Å². The molecule has 1 saturated carbocycles. The molecule has 0 aromatic rings. The highest BCUT2D eigenvalue weighted by Crippen LogP contribution is 2.34. The third-order valence-corrected chi connectivity index (χ3v) is 5.49. The average Bonchev–Trinajstić information content (AvgIpc) is 2.98. The Bertz CT molecular complexity index is 341. The van der Waals surface area contributed by atoms with Crippen molar-refractivity contribution >= 4 is 5.91 Å². The highest BCUT2D eigenvalue weighted by atomic mass is 16.2. The normalized spacial score (nSPS) is 30.2. The lowest BCUT2D eigenvalue weighted by Gasteiger charge is -2.35. The van der Waals surface area contributed by atoms with Gasteiger partial charge in [-0.1, -0.05) is 47.5 Å². The molecule has 0 bridgehead atoms. The van der Waals surface area contributed by atoms with Crippen LogP contribution in [0, 0.1) is 17.3 Å². The lowest BCUT2D eigenvalue weighted by Crippen LogP contribution is -2.45. The van der Waals surface area contributed by atoms with E-state index in [9.17, 15) is 4.79 Å². The first kappa shape index (κ1) is 15.8. The minimum absolute atomic E-state index is 0.0489. The maximum Gasteiger partial charge on any atom is 0.241 e. The van der Waals surface area contributed by atoms with Crippen molar-refractivity contribution in [2.24, 2.45) is 17.3 Å². The fourth-order valence-electron chi connectivity index (χ4n) is 3.43. The van der Waals surface area contributed by atoms with Gasteiger partial charge in [-0.3, -0.25) is 10.1 Å². The van der Waals surface area contributed by atoms with Gasteiger partial charge in [-0.25, -0.2) is 0 Å². The average molecular weight is 280 g/mol. The Balaban J connectivity index is 2.10. The summed E-state index contributed by atoms with van der Waals surface area (Å²) >= 11 is 0. The number of nitrogens with one attached hydrogen (secondary N) is 1. The van der Waals surface area contributed by atoms with Crippen LogP contribution in [0.15, 0.2) is 0 Å². The quantitative estimate of drug-likeness (QED) is 0.856. The molecule has 0 spiro atoms. The SMILES string of the molecule is CCC1NC(C2CCCC2)N(CC(C)C(C)(C)C)C1=O. The van der Waals surface area contributed by atoms with Crippen molar-refractivity contribution in [2.75, 3.05) is 6.54 Å². The molecule has 2 aliphatic rings. The van der Waals surface area contributed by atoms with Crippen molar-refractivity contribution in [1.29, 1.82) is 0 Å². The maximum atomic E-state index is 12.6. The molecule has 2 fully saturated rings. The number of carbonyl (C=O) groups is 1. The van der Waals surface area contributed by atoms with Crippen molar-refractivity contribution in [3.63, 3.8) is 0 Å². The van der Waals surface area contributed by atoms with Gasteiger partial charge in [-0.05, 0) is 36.5 Å². The van der Waals surface area contributed by atoms with Gasteiger partial charge in [-0.2, -0.15) is 0 Å². The van der Waals surface area contributed by atoms with Crippen molar-refractivity contribution in [3.8, 4) is 0 Å². The van der Waals surface area contributed by atoms with E-state index < -0.39 is 0 Å². The smallest absolute Gasteiger partial charge is 0.241 e. The van der Waals surface area contributed by atoms with E-state index in [4.69, 9.17) is 0 Å². The van der Waals surface area contributed by atoms with Crippen LogP contribution in [-0.4, -0.2) is 29.6 Å². The molecule has 20 heavy (non-hydrogen) atoms. The van der Waals surface area contributed by atoms with E-state index in [1.807, 2.05) is 0 Å². The lowest BCUT2D eigenvalue weighted by molar-refractivity contribution is -0.131. The summed E-state index contributed by atoms with van der Waals surface area (Å²) in [4.78, 5) is 14.8. The molecule has 3 nitrogen and oxygen atoms in total. The van der Waals surface area contributed by atoms with Crippen LogP contribution in [0.2, 0.25) is 0 Å². The number of rotatable bonds is 4. The Hall–Kier alpha value is -0.570. The summed E-state index contributed by atoms with van der Waals surface area (Å²) < 4.78 is 0. The minimum atomic E-state index is 0.0489. The van der Waals surface area contributed by atoms with Gasteiger partial charge < -0.3 is 4.90 Å². The fraction of sp³-hybridized carbons (Fsp3) is 0.941. The molecular weight excluding hydrogens is 248 g/mol. The molecule has 3 heteroatoms. The maximum absolute atomic E-state index is 12.6. The van der Waals surface area contributed by atoms with E-state index in [0.717, 1.165) is 13.0 Å². The molecule has 116 valence electrons. The Morgan fingerprint density at radius 1 is 1.30 bits per heavy atom. The molecule has 1 aliphatic heterocycles. The number of hydrogen-bond donors (Lipinski definition) is 1. The molecule has 1 N–H and O–H groups in total. The molecule has 0 radical (unpaired) electrons. The highest BCUT2D eigenvalue weighted by molar-refractivity contribution is 5.84. The largest absolute Gasteiger partial charge is 0.325 e. The molecule has 0 aromatic carbocycles. The van der Waals surface area contributed by atoms with Crippen LogP contribution >= 0.6 is 0 Å². The number of amides is 1. The monoisotopic (exact) mass is 280 g/mol. The molecule has 1 aliphatic carbocycles. The second-order valence-electron chi connectivity index (χ2n) is 7.87. The molecule has 1 amide bonds. The Labute approximate surface area is 124 Å². The molecule has 1 heterocycles. The van der Waals surface area contributed by atoms with Gasteiger partial charge in [0.2, 0.25) is 5.91 Å². The molecule has 2 rings (SSSR count). The van der Waals surface area contributed by atoms with Crippen LogP contribution in [0.4, 0.5) is 0 Å². The van der Waals surface area contributed by atoms with Crippen LogP contribution in [0.1, 0.15) is 66.7 Å². The van der Waals surface area contributed by atoms with Crippen molar-refractivity contribution in [3.05, 3.63) is 0 Å². The fourth-order valence-corrected chi connectivity index (χ4v) is 3.43. The molecule has 3 unspecified atom stereocenters. The van der Waals surface area contributed by atoms with Gasteiger partial charge in [-0.15, -0.1) is 0 Å². The molecule has 1 saturated heterocycles.